The number of amides is 1. The number of nitrogens with zero attached hydrogens (tertiary/aromatic N) is 2. The summed E-state index contributed by atoms with van der Waals surface area (Å²) in [5.41, 5.74) is 0. The number of hydrogen-bond acceptors (Lipinski definition) is 4. The standard InChI is InChI=1S/C19H30N2O3/c1-4-17-5-6-18(24-17)19(22)21-9-7-16(8-10-21)13-20-11-14(2)23-15(3)12-20/h5-6,14-16H,4,7-13H2,1-3H3/t14-,15-/m0/s1. The van der Waals surface area contributed by atoms with Crippen LogP contribution in [0.4, 0.5) is 0 Å². The van der Waals surface area contributed by atoms with Gasteiger partial charge in [-0.1, -0.05) is 6.92 Å². The maximum absolute atomic E-state index is 12.5. The Balaban J connectivity index is 1.47. The summed E-state index contributed by atoms with van der Waals surface area (Å²) in [6, 6.07) is 3.71. The van der Waals surface area contributed by atoms with E-state index in [1.807, 2.05) is 24.0 Å². The smallest absolute Gasteiger partial charge is 0.289 e. The molecule has 0 radical (unpaired) electrons. The molecular weight excluding hydrogens is 304 g/mol. The maximum atomic E-state index is 12.5. The summed E-state index contributed by atoms with van der Waals surface area (Å²) in [6.07, 6.45) is 3.62. The van der Waals surface area contributed by atoms with E-state index in [2.05, 4.69) is 18.7 Å². The van der Waals surface area contributed by atoms with Gasteiger partial charge in [-0.05, 0) is 44.7 Å². The SMILES string of the molecule is CCc1ccc(C(=O)N2CCC(CN3C[C@H](C)O[C@@H](C)C3)CC2)o1. The van der Waals surface area contributed by atoms with E-state index in [9.17, 15) is 4.79 Å². The zero-order chi connectivity index (χ0) is 17.1. The fraction of sp³-hybridized carbons (Fsp3) is 0.737. The first-order valence-corrected chi connectivity index (χ1v) is 9.31. The van der Waals surface area contributed by atoms with Crippen LogP contribution in [-0.4, -0.2) is 60.6 Å². The van der Waals surface area contributed by atoms with E-state index >= 15 is 0 Å². The van der Waals surface area contributed by atoms with E-state index in [1.54, 1.807) is 0 Å². The van der Waals surface area contributed by atoms with Crippen molar-refractivity contribution in [3.8, 4) is 0 Å². The molecule has 0 unspecified atom stereocenters. The zero-order valence-electron chi connectivity index (χ0n) is 15.2. The van der Waals surface area contributed by atoms with Gasteiger partial charge in [0.05, 0.1) is 12.2 Å². The van der Waals surface area contributed by atoms with Crippen molar-refractivity contribution in [1.82, 2.24) is 9.80 Å². The second-order valence-electron chi connectivity index (χ2n) is 7.33. The van der Waals surface area contributed by atoms with Crippen molar-refractivity contribution >= 4 is 5.91 Å². The number of carbonyl (C=O) groups is 1. The van der Waals surface area contributed by atoms with Crippen molar-refractivity contribution < 1.29 is 13.9 Å². The summed E-state index contributed by atoms with van der Waals surface area (Å²) in [6.45, 7) is 11.2. The molecule has 5 heteroatoms. The van der Waals surface area contributed by atoms with Gasteiger partial charge in [-0.3, -0.25) is 9.69 Å². The summed E-state index contributed by atoms with van der Waals surface area (Å²) in [5.74, 6) is 2.08. The molecule has 2 aliphatic rings. The lowest BCUT2D eigenvalue weighted by Gasteiger charge is -2.39. The van der Waals surface area contributed by atoms with Gasteiger partial charge in [0.1, 0.15) is 5.76 Å². The second-order valence-corrected chi connectivity index (χ2v) is 7.33. The van der Waals surface area contributed by atoms with Gasteiger partial charge in [-0.15, -0.1) is 0 Å². The van der Waals surface area contributed by atoms with Crippen LogP contribution in [0, 0.1) is 5.92 Å². The van der Waals surface area contributed by atoms with Gasteiger partial charge < -0.3 is 14.1 Å². The molecule has 2 saturated heterocycles. The highest BCUT2D eigenvalue weighted by Gasteiger charge is 2.29. The highest BCUT2D eigenvalue weighted by Crippen LogP contribution is 2.22. The average molecular weight is 334 g/mol. The van der Waals surface area contributed by atoms with Crippen LogP contribution < -0.4 is 0 Å². The number of piperidine rings is 1. The third-order valence-corrected chi connectivity index (χ3v) is 5.13. The molecule has 24 heavy (non-hydrogen) atoms. The van der Waals surface area contributed by atoms with Gasteiger partial charge in [-0.25, -0.2) is 0 Å². The molecule has 3 heterocycles. The van der Waals surface area contributed by atoms with Crippen LogP contribution in [0.1, 0.15) is 49.9 Å². The first-order valence-electron chi connectivity index (χ1n) is 9.31. The third-order valence-electron chi connectivity index (χ3n) is 5.13. The van der Waals surface area contributed by atoms with Gasteiger partial charge in [0.25, 0.3) is 5.91 Å². The van der Waals surface area contributed by atoms with Crippen LogP contribution >= 0.6 is 0 Å². The van der Waals surface area contributed by atoms with Crippen molar-refractivity contribution in [3.05, 3.63) is 23.7 Å². The molecule has 3 rings (SSSR count). The number of rotatable bonds is 4. The average Bonchev–Trinajstić information content (AvgIpc) is 3.03. The lowest BCUT2D eigenvalue weighted by molar-refractivity contribution is -0.0729. The molecule has 0 saturated carbocycles. The fourth-order valence-corrected chi connectivity index (χ4v) is 3.96. The maximum Gasteiger partial charge on any atom is 0.289 e. The van der Waals surface area contributed by atoms with Crippen molar-refractivity contribution in [2.24, 2.45) is 5.92 Å². The molecule has 1 amide bonds. The number of furan rings is 1. The van der Waals surface area contributed by atoms with Crippen molar-refractivity contribution in [3.63, 3.8) is 0 Å². The molecule has 134 valence electrons. The summed E-state index contributed by atoms with van der Waals surface area (Å²) in [7, 11) is 0. The van der Waals surface area contributed by atoms with Gasteiger partial charge >= 0.3 is 0 Å². The van der Waals surface area contributed by atoms with E-state index in [0.717, 1.165) is 57.7 Å². The lowest BCUT2D eigenvalue weighted by Crippen LogP contribution is -2.48. The number of likely N-dealkylation sites (tertiary alicyclic amines) is 1. The molecule has 1 aromatic rings. The Hall–Kier alpha value is -1.33. The van der Waals surface area contributed by atoms with Crippen LogP contribution in [-0.2, 0) is 11.2 Å². The number of ether oxygens (including phenoxy) is 1. The normalized spacial score (nSPS) is 26.7. The van der Waals surface area contributed by atoms with E-state index < -0.39 is 0 Å². The highest BCUT2D eigenvalue weighted by molar-refractivity contribution is 5.91. The van der Waals surface area contributed by atoms with Crippen LogP contribution in [0.2, 0.25) is 0 Å². The fourth-order valence-electron chi connectivity index (χ4n) is 3.96. The molecule has 0 aromatic carbocycles. The zero-order valence-corrected chi connectivity index (χ0v) is 15.2. The summed E-state index contributed by atoms with van der Waals surface area (Å²) < 4.78 is 11.4. The minimum atomic E-state index is 0.0433. The van der Waals surface area contributed by atoms with E-state index in [0.29, 0.717) is 23.9 Å². The van der Waals surface area contributed by atoms with Gasteiger partial charge in [0.2, 0.25) is 0 Å². The van der Waals surface area contributed by atoms with Crippen LogP contribution in [0.25, 0.3) is 0 Å². The van der Waals surface area contributed by atoms with Gasteiger partial charge in [-0.2, -0.15) is 0 Å². The largest absolute Gasteiger partial charge is 0.456 e. The van der Waals surface area contributed by atoms with Crippen LogP contribution in [0.3, 0.4) is 0 Å². The highest BCUT2D eigenvalue weighted by atomic mass is 16.5. The summed E-state index contributed by atoms with van der Waals surface area (Å²) in [5, 5.41) is 0. The first kappa shape index (κ1) is 17.5. The number of aryl methyl sites for hydroxylation is 1. The monoisotopic (exact) mass is 334 g/mol. The molecule has 0 aliphatic carbocycles. The summed E-state index contributed by atoms with van der Waals surface area (Å²) in [4.78, 5) is 17.0. The van der Waals surface area contributed by atoms with E-state index in [1.165, 1.54) is 0 Å². The lowest BCUT2D eigenvalue weighted by atomic mass is 9.95. The molecule has 5 nitrogen and oxygen atoms in total. The molecule has 1 aromatic heterocycles. The Bertz CT molecular complexity index is 539. The van der Waals surface area contributed by atoms with Gasteiger partial charge in [0.15, 0.2) is 5.76 Å². The molecular formula is C19H30N2O3. The topological polar surface area (TPSA) is 45.9 Å². The number of carbonyl (C=O) groups excluding carboxylic acids is 1. The minimum Gasteiger partial charge on any atom is -0.456 e. The van der Waals surface area contributed by atoms with E-state index in [-0.39, 0.29) is 5.91 Å². The third kappa shape index (κ3) is 4.19. The van der Waals surface area contributed by atoms with Crippen molar-refractivity contribution in [1.29, 1.82) is 0 Å². The Morgan fingerprint density at radius 1 is 1.17 bits per heavy atom. The molecule has 0 spiro atoms. The van der Waals surface area contributed by atoms with Crippen LogP contribution in [0.15, 0.2) is 16.5 Å². The minimum absolute atomic E-state index is 0.0433. The first-order chi connectivity index (χ1) is 11.5. The molecule has 2 atom stereocenters. The predicted molar refractivity (Wildman–Crippen MR) is 93.2 cm³/mol. The Morgan fingerprint density at radius 2 is 1.83 bits per heavy atom. The van der Waals surface area contributed by atoms with Gasteiger partial charge in [0, 0.05) is 39.1 Å². The summed E-state index contributed by atoms with van der Waals surface area (Å²) >= 11 is 0. The molecule has 0 N–H and O–H groups in total. The van der Waals surface area contributed by atoms with E-state index in [4.69, 9.17) is 9.15 Å². The Morgan fingerprint density at radius 3 is 2.42 bits per heavy atom. The Kier molecular flexibility index (Phi) is 5.61. The predicted octanol–water partition coefficient (Wildman–Crippen LogP) is 2.80. The molecule has 0 bridgehead atoms. The Labute approximate surface area is 144 Å². The number of hydrogen-bond donors (Lipinski definition) is 0. The number of morpholine rings is 1. The van der Waals surface area contributed by atoms with Crippen molar-refractivity contribution in [2.75, 3.05) is 32.7 Å². The quantitative estimate of drug-likeness (QED) is 0.849. The van der Waals surface area contributed by atoms with Crippen molar-refractivity contribution in [2.45, 2.75) is 52.2 Å². The molecule has 2 fully saturated rings. The second kappa shape index (κ2) is 7.70. The molecule has 2 aliphatic heterocycles. The van der Waals surface area contributed by atoms with Crippen LogP contribution in [0.5, 0.6) is 0 Å².